The highest BCUT2D eigenvalue weighted by atomic mass is 14.9. The van der Waals surface area contributed by atoms with Crippen LogP contribution in [0.15, 0.2) is 23.9 Å². The van der Waals surface area contributed by atoms with E-state index in [9.17, 15) is 0 Å². The van der Waals surface area contributed by atoms with Crippen molar-refractivity contribution in [1.82, 2.24) is 5.32 Å². The van der Waals surface area contributed by atoms with E-state index < -0.39 is 0 Å². The lowest BCUT2D eigenvalue weighted by molar-refractivity contribution is 0.771. The third kappa shape index (κ3) is 7.63. The molecular formula is C12H23N. The van der Waals surface area contributed by atoms with E-state index in [4.69, 9.17) is 0 Å². The second kappa shape index (κ2) is 7.90. The van der Waals surface area contributed by atoms with Crippen molar-refractivity contribution in [3.05, 3.63) is 23.9 Å². The van der Waals surface area contributed by atoms with Crippen molar-refractivity contribution in [1.29, 1.82) is 0 Å². The van der Waals surface area contributed by atoms with E-state index >= 15 is 0 Å². The molecule has 0 amide bonds. The molecule has 0 heterocycles. The van der Waals surface area contributed by atoms with E-state index in [1.807, 2.05) is 0 Å². The summed E-state index contributed by atoms with van der Waals surface area (Å²) in [6, 6.07) is 0. The fourth-order valence-corrected chi connectivity index (χ4v) is 1.12. The van der Waals surface area contributed by atoms with Crippen LogP contribution in [-0.4, -0.2) is 6.54 Å². The molecule has 0 aliphatic heterocycles. The molecule has 1 heteroatoms. The van der Waals surface area contributed by atoms with Crippen molar-refractivity contribution >= 4 is 0 Å². The highest BCUT2D eigenvalue weighted by molar-refractivity contribution is 5.04. The first-order valence-electron chi connectivity index (χ1n) is 5.28. The zero-order valence-corrected chi connectivity index (χ0v) is 9.32. The van der Waals surface area contributed by atoms with Crippen LogP contribution in [0.3, 0.4) is 0 Å². The van der Waals surface area contributed by atoms with Crippen LogP contribution in [-0.2, 0) is 0 Å². The Bertz CT molecular complexity index is 168. The van der Waals surface area contributed by atoms with Crippen molar-refractivity contribution in [3.63, 3.8) is 0 Å². The summed E-state index contributed by atoms with van der Waals surface area (Å²) in [7, 11) is 0. The highest BCUT2D eigenvalue weighted by Crippen LogP contribution is 2.00. The molecule has 0 saturated carbocycles. The minimum absolute atomic E-state index is 0.957. The maximum absolute atomic E-state index is 3.96. The van der Waals surface area contributed by atoms with Crippen molar-refractivity contribution in [2.24, 2.45) is 0 Å². The Morgan fingerprint density at radius 2 is 2.00 bits per heavy atom. The highest BCUT2D eigenvalue weighted by Gasteiger charge is 1.92. The number of hydrogen-bond donors (Lipinski definition) is 1. The van der Waals surface area contributed by atoms with Crippen LogP contribution in [0, 0.1) is 0 Å². The Morgan fingerprint density at radius 3 is 2.54 bits per heavy atom. The predicted molar refractivity (Wildman–Crippen MR) is 60.7 cm³/mol. The Hall–Kier alpha value is -0.720. The SMILES string of the molecule is C=C(CCC)NC/C(C)=C/CCC. The molecule has 13 heavy (non-hydrogen) atoms. The van der Waals surface area contributed by atoms with E-state index in [0.717, 1.165) is 18.7 Å². The number of rotatable bonds is 7. The summed E-state index contributed by atoms with van der Waals surface area (Å²) in [5, 5.41) is 3.33. The summed E-state index contributed by atoms with van der Waals surface area (Å²) in [4.78, 5) is 0. The van der Waals surface area contributed by atoms with Crippen molar-refractivity contribution < 1.29 is 0 Å². The van der Waals surface area contributed by atoms with Gasteiger partial charge in [-0.25, -0.2) is 0 Å². The molecule has 0 aliphatic carbocycles. The van der Waals surface area contributed by atoms with Gasteiger partial charge >= 0.3 is 0 Å². The maximum Gasteiger partial charge on any atom is 0.0354 e. The molecule has 0 radical (unpaired) electrons. The fourth-order valence-electron chi connectivity index (χ4n) is 1.12. The first-order chi connectivity index (χ1) is 6.20. The fraction of sp³-hybridized carbons (Fsp3) is 0.667. The molecule has 0 aromatic rings. The summed E-state index contributed by atoms with van der Waals surface area (Å²) in [5.41, 5.74) is 2.57. The summed E-state index contributed by atoms with van der Waals surface area (Å²) in [6.45, 7) is 11.5. The van der Waals surface area contributed by atoms with Gasteiger partial charge in [-0.2, -0.15) is 0 Å². The van der Waals surface area contributed by atoms with Crippen LogP contribution in [0.25, 0.3) is 0 Å². The second-order valence-corrected chi connectivity index (χ2v) is 3.55. The van der Waals surface area contributed by atoms with Crippen LogP contribution in [0.5, 0.6) is 0 Å². The van der Waals surface area contributed by atoms with Gasteiger partial charge in [0.05, 0.1) is 0 Å². The maximum atomic E-state index is 3.96. The Kier molecular flexibility index (Phi) is 7.47. The molecule has 0 aromatic heterocycles. The Balaban J connectivity index is 3.56. The summed E-state index contributed by atoms with van der Waals surface area (Å²) < 4.78 is 0. The topological polar surface area (TPSA) is 12.0 Å². The smallest absolute Gasteiger partial charge is 0.0354 e. The van der Waals surface area contributed by atoms with Crippen LogP contribution < -0.4 is 5.32 Å². The van der Waals surface area contributed by atoms with Crippen molar-refractivity contribution in [2.45, 2.75) is 46.5 Å². The minimum atomic E-state index is 0.957. The first kappa shape index (κ1) is 12.3. The number of hydrogen-bond acceptors (Lipinski definition) is 1. The molecular weight excluding hydrogens is 158 g/mol. The number of allylic oxidation sites excluding steroid dienone is 2. The number of unbranched alkanes of at least 4 members (excludes halogenated alkanes) is 1. The van der Waals surface area contributed by atoms with Gasteiger partial charge in [0.1, 0.15) is 0 Å². The molecule has 0 unspecified atom stereocenters. The molecule has 0 fully saturated rings. The first-order valence-corrected chi connectivity index (χ1v) is 5.28. The van der Waals surface area contributed by atoms with Gasteiger partial charge in [-0.3, -0.25) is 0 Å². The molecule has 0 atom stereocenters. The zero-order chi connectivity index (χ0) is 10.1. The van der Waals surface area contributed by atoms with Gasteiger partial charge in [0.25, 0.3) is 0 Å². The van der Waals surface area contributed by atoms with E-state index in [1.54, 1.807) is 0 Å². The third-order valence-corrected chi connectivity index (χ3v) is 1.95. The average molecular weight is 181 g/mol. The summed E-state index contributed by atoms with van der Waals surface area (Å²) >= 11 is 0. The van der Waals surface area contributed by atoms with Crippen LogP contribution in [0.1, 0.15) is 46.5 Å². The van der Waals surface area contributed by atoms with Crippen LogP contribution >= 0.6 is 0 Å². The summed E-state index contributed by atoms with van der Waals surface area (Å²) in [5.74, 6) is 0. The molecule has 1 nitrogen and oxygen atoms in total. The van der Waals surface area contributed by atoms with Gasteiger partial charge in [-0.1, -0.05) is 44.9 Å². The molecule has 0 bridgehead atoms. The van der Waals surface area contributed by atoms with E-state index in [1.165, 1.54) is 24.8 Å². The quantitative estimate of drug-likeness (QED) is 0.591. The predicted octanol–water partition coefficient (Wildman–Crippen LogP) is 3.64. The van der Waals surface area contributed by atoms with Crippen LogP contribution in [0.4, 0.5) is 0 Å². The Morgan fingerprint density at radius 1 is 1.31 bits per heavy atom. The molecule has 0 spiro atoms. The normalized spacial score (nSPS) is 11.5. The van der Waals surface area contributed by atoms with E-state index in [-0.39, 0.29) is 0 Å². The zero-order valence-electron chi connectivity index (χ0n) is 9.32. The third-order valence-electron chi connectivity index (χ3n) is 1.95. The minimum Gasteiger partial charge on any atom is -0.385 e. The molecule has 76 valence electrons. The lowest BCUT2D eigenvalue weighted by atomic mass is 10.2. The molecule has 0 aromatic carbocycles. The van der Waals surface area contributed by atoms with Crippen molar-refractivity contribution in [2.75, 3.05) is 6.54 Å². The Labute approximate surface area is 82.9 Å². The second-order valence-electron chi connectivity index (χ2n) is 3.55. The number of nitrogens with one attached hydrogen (secondary N) is 1. The molecule has 1 N–H and O–H groups in total. The van der Waals surface area contributed by atoms with Gasteiger partial charge in [0.2, 0.25) is 0 Å². The monoisotopic (exact) mass is 181 g/mol. The lowest BCUT2D eigenvalue weighted by Crippen LogP contribution is -2.14. The van der Waals surface area contributed by atoms with Crippen molar-refractivity contribution in [3.8, 4) is 0 Å². The molecule has 0 rings (SSSR count). The van der Waals surface area contributed by atoms with Gasteiger partial charge in [-0.05, 0) is 19.8 Å². The van der Waals surface area contributed by atoms with E-state index in [0.29, 0.717) is 0 Å². The van der Waals surface area contributed by atoms with Gasteiger partial charge < -0.3 is 5.32 Å². The average Bonchev–Trinajstić information content (AvgIpc) is 2.12. The van der Waals surface area contributed by atoms with E-state index in [2.05, 4.69) is 38.7 Å². The van der Waals surface area contributed by atoms with Gasteiger partial charge in [-0.15, -0.1) is 0 Å². The molecule has 0 aliphatic rings. The summed E-state index contributed by atoms with van der Waals surface area (Å²) in [6.07, 6.45) is 6.97. The molecule has 0 saturated heterocycles. The largest absolute Gasteiger partial charge is 0.385 e. The van der Waals surface area contributed by atoms with Crippen LogP contribution in [0.2, 0.25) is 0 Å². The standard InChI is InChI=1S/C12H23N/c1-5-7-9-11(3)10-13-12(4)8-6-2/h9,13H,4-8,10H2,1-3H3/b11-9+. The van der Waals surface area contributed by atoms with Gasteiger partial charge in [0.15, 0.2) is 0 Å². The lowest BCUT2D eigenvalue weighted by Gasteiger charge is -2.08. The van der Waals surface area contributed by atoms with Gasteiger partial charge in [0, 0.05) is 12.2 Å².